The van der Waals surface area contributed by atoms with Gasteiger partial charge in [-0.25, -0.2) is 4.98 Å². The highest BCUT2D eigenvalue weighted by Gasteiger charge is 2.33. The van der Waals surface area contributed by atoms with Crippen molar-refractivity contribution in [1.82, 2.24) is 14.9 Å². The fraction of sp³-hybridized carbons (Fsp3) is 0.714. The Kier molecular flexibility index (Phi) is 4.32. The lowest BCUT2D eigenvalue weighted by Crippen LogP contribution is -2.34. The zero-order valence-corrected chi connectivity index (χ0v) is 13.0. The summed E-state index contributed by atoms with van der Waals surface area (Å²) in [6.45, 7) is 8.05. The van der Waals surface area contributed by atoms with Gasteiger partial charge in [-0.05, 0) is 33.9 Å². The first-order valence-electron chi connectivity index (χ1n) is 7.08. The molecule has 1 fully saturated rings. The van der Waals surface area contributed by atoms with Gasteiger partial charge in [-0.15, -0.1) is 0 Å². The Labute approximate surface area is 120 Å². The third-order valence-electron chi connectivity index (χ3n) is 3.71. The van der Waals surface area contributed by atoms with Crippen molar-refractivity contribution in [1.29, 1.82) is 0 Å². The molecule has 0 aliphatic carbocycles. The van der Waals surface area contributed by atoms with E-state index in [1.807, 2.05) is 13.8 Å². The predicted octanol–water partition coefficient (Wildman–Crippen LogP) is 1.23. The highest BCUT2D eigenvalue weighted by molar-refractivity contribution is 5.68. The van der Waals surface area contributed by atoms with E-state index in [0.29, 0.717) is 23.5 Å². The van der Waals surface area contributed by atoms with Crippen LogP contribution >= 0.6 is 0 Å². The molecule has 0 spiro atoms. The van der Waals surface area contributed by atoms with E-state index in [4.69, 9.17) is 10.5 Å². The summed E-state index contributed by atoms with van der Waals surface area (Å²) in [6.07, 6.45) is 1.57. The van der Waals surface area contributed by atoms with Crippen molar-refractivity contribution >= 4 is 11.5 Å². The summed E-state index contributed by atoms with van der Waals surface area (Å²) >= 11 is 0. The van der Waals surface area contributed by atoms with Crippen LogP contribution in [-0.4, -0.2) is 54.2 Å². The van der Waals surface area contributed by atoms with Crippen molar-refractivity contribution < 1.29 is 4.74 Å². The molecule has 2 rings (SSSR count). The average molecular weight is 279 g/mol. The van der Waals surface area contributed by atoms with Crippen molar-refractivity contribution in [2.75, 3.05) is 37.8 Å². The minimum Gasteiger partial charge on any atom is -0.473 e. The SMILES string of the molecule is CC(C)Oc1ncnc(N2CC(C)C(N(C)C)C2)c1N. The second-order valence-corrected chi connectivity index (χ2v) is 6.00. The summed E-state index contributed by atoms with van der Waals surface area (Å²) in [5.74, 6) is 1.84. The van der Waals surface area contributed by atoms with Crippen LogP contribution in [0.1, 0.15) is 20.8 Å². The number of nitrogens with zero attached hydrogens (tertiary/aromatic N) is 4. The molecule has 1 aromatic heterocycles. The van der Waals surface area contributed by atoms with Gasteiger partial charge in [0.15, 0.2) is 5.82 Å². The average Bonchev–Trinajstić information content (AvgIpc) is 2.73. The first kappa shape index (κ1) is 14.8. The number of nitrogen functional groups attached to an aromatic ring is 1. The van der Waals surface area contributed by atoms with Crippen LogP contribution < -0.4 is 15.4 Å². The fourth-order valence-electron chi connectivity index (χ4n) is 2.73. The maximum atomic E-state index is 6.17. The van der Waals surface area contributed by atoms with Crippen LogP contribution in [0.4, 0.5) is 11.5 Å². The molecule has 6 heteroatoms. The second kappa shape index (κ2) is 5.83. The van der Waals surface area contributed by atoms with Crippen molar-refractivity contribution in [3.63, 3.8) is 0 Å². The Morgan fingerprint density at radius 1 is 1.35 bits per heavy atom. The van der Waals surface area contributed by atoms with Crippen LogP contribution in [0.25, 0.3) is 0 Å². The van der Waals surface area contributed by atoms with Gasteiger partial charge in [0.25, 0.3) is 0 Å². The highest BCUT2D eigenvalue weighted by Crippen LogP contribution is 2.32. The van der Waals surface area contributed by atoms with Gasteiger partial charge in [-0.3, -0.25) is 0 Å². The van der Waals surface area contributed by atoms with E-state index >= 15 is 0 Å². The molecule has 1 saturated heterocycles. The van der Waals surface area contributed by atoms with Gasteiger partial charge in [0.05, 0.1) is 6.10 Å². The Morgan fingerprint density at radius 2 is 2.05 bits per heavy atom. The third kappa shape index (κ3) is 2.95. The molecule has 112 valence electrons. The summed E-state index contributed by atoms with van der Waals surface area (Å²) in [6, 6.07) is 0.513. The molecule has 20 heavy (non-hydrogen) atoms. The van der Waals surface area contributed by atoms with Gasteiger partial charge in [-0.1, -0.05) is 6.92 Å². The van der Waals surface area contributed by atoms with E-state index in [1.165, 1.54) is 6.33 Å². The Morgan fingerprint density at radius 3 is 2.60 bits per heavy atom. The van der Waals surface area contributed by atoms with E-state index in [-0.39, 0.29) is 6.10 Å². The van der Waals surface area contributed by atoms with Crippen LogP contribution in [0.5, 0.6) is 5.88 Å². The molecular formula is C14H25N5O. The lowest BCUT2D eigenvalue weighted by molar-refractivity contribution is 0.234. The van der Waals surface area contributed by atoms with Gasteiger partial charge in [-0.2, -0.15) is 4.98 Å². The number of aromatic nitrogens is 2. The summed E-state index contributed by atoms with van der Waals surface area (Å²) in [7, 11) is 4.22. The highest BCUT2D eigenvalue weighted by atomic mass is 16.5. The molecule has 6 nitrogen and oxygen atoms in total. The number of hydrogen-bond acceptors (Lipinski definition) is 6. The number of likely N-dealkylation sites (N-methyl/N-ethyl adjacent to an activating group) is 1. The standard InChI is InChI=1S/C14H25N5O/c1-9(2)20-14-12(15)13(16-8-17-14)19-6-10(3)11(7-19)18(4)5/h8-11H,6-7,15H2,1-5H3. The van der Waals surface area contributed by atoms with E-state index in [2.05, 4.69) is 40.8 Å². The van der Waals surface area contributed by atoms with Crippen molar-refractivity contribution in [3.8, 4) is 5.88 Å². The van der Waals surface area contributed by atoms with E-state index < -0.39 is 0 Å². The van der Waals surface area contributed by atoms with Gasteiger partial charge in [0.2, 0.25) is 5.88 Å². The molecule has 0 amide bonds. The van der Waals surface area contributed by atoms with E-state index in [9.17, 15) is 0 Å². The van der Waals surface area contributed by atoms with Gasteiger partial charge < -0.3 is 20.3 Å². The maximum Gasteiger partial charge on any atom is 0.242 e. The zero-order chi connectivity index (χ0) is 14.9. The van der Waals surface area contributed by atoms with Gasteiger partial charge >= 0.3 is 0 Å². The molecule has 1 aliphatic rings. The summed E-state index contributed by atoms with van der Waals surface area (Å²) in [5, 5.41) is 0. The largest absolute Gasteiger partial charge is 0.473 e. The molecule has 0 radical (unpaired) electrons. The Bertz CT molecular complexity index is 463. The first-order chi connectivity index (χ1) is 9.40. The Balaban J connectivity index is 2.22. The monoisotopic (exact) mass is 279 g/mol. The zero-order valence-electron chi connectivity index (χ0n) is 13.0. The predicted molar refractivity (Wildman–Crippen MR) is 81.1 cm³/mol. The molecule has 2 heterocycles. The molecule has 1 aromatic rings. The van der Waals surface area contributed by atoms with Crippen molar-refractivity contribution in [2.24, 2.45) is 5.92 Å². The second-order valence-electron chi connectivity index (χ2n) is 6.00. The summed E-state index contributed by atoms with van der Waals surface area (Å²) in [5.41, 5.74) is 6.71. The Hall–Kier alpha value is -1.56. The quantitative estimate of drug-likeness (QED) is 0.894. The number of anilines is 2. The van der Waals surface area contributed by atoms with E-state index in [1.54, 1.807) is 0 Å². The first-order valence-corrected chi connectivity index (χ1v) is 7.08. The molecule has 0 aromatic carbocycles. The third-order valence-corrected chi connectivity index (χ3v) is 3.71. The van der Waals surface area contributed by atoms with Crippen molar-refractivity contribution in [3.05, 3.63) is 6.33 Å². The summed E-state index contributed by atoms with van der Waals surface area (Å²) < 4.78 is 5.63. The van der Waals surface area contributed by atoms with Crippen LogP contribution in [0.3, 0.4) is 0 Å². The number of nitrogens with two attached hydrogens (primary N) is 1. The smallest absolute Gasteiger partial charge is 0.242 e. The molecule has 2 N–H and O–H groups in total. The molecule has 2 unspecified atom stereocenters. The molecule has 0 bridgehead atoms. The van der Waals surface area contributed by atoms with Gasteiger partial charge in [0, 0.05) is 19.1 Å². The number of ether oxygens (including phenoxy) is 1. The van der Waals surface area contributed by atoms with Gasteiger partial charge in [0.1, 0.15) is 12.0 Å². The van der Waals surface area contributed by atoms with Crippen molar-refractivity contribution in [2.45, 2.75) is 32.9 Å². The minimum absolute atomic E-state index is 0.0482. The van der Waals surface area contributed by atoms with E-state index in [0.717, 1.165) is 18.9 Å². The van der Waals surface area contributed by atoms with Crippen LogP contribution in [0.2, 0.25) is 0 Å². The molecule has 2 atom stereocenters. The number of rotatable bonds is 4. The molecular weight excluding hydrogens is 254 g/mol. The maximum absolute atomic E-state index is 6.17. The topological polar surface area (TPSA) is 67.5 Å². The molecule has 1 aliphatic heterocycles. The van der Waals surface area contributed by atoms with Crippen LogP contribution in [0, 0.1) is 5.92 Å². The van der Waals surface area contributed by atoms with Crippen LogP contribution in [0.15, 0.2) is 6.33 Å². The minimum atomic E-state index is 0.0482. The summed E-state index contributed by atoms with van der Waals surface area (Å²) in [4.78, 5) is 13.0. The lowest BCUT2D eigenvalue weighted by atomic mass is 10.1. The molecule has 0 saturated carbocycles. The fourth-order valence-corrected chi connectivity index (χ4v) is 2.73. The van der Waals surface area contributed by atoms with Crippen LogP contribution in [-0.2, 0) is 0 Å². The normalized spacial score (nSPS) is 22.9. The number of hydrogen-bond donors (Lipinski definition) is 1. The lowest BCUT2D eigenvalue weighted by Gasteiger charge is -2.23.